The number of hydrogen-bond acceptors (Lipinski definition) is 6. The molecule has 0 saturated heterocycles. The van der Waals surface area contributed by atoms with E-state index in [0.29, 0.717) is 6.42 Å². The van der Waals surface area contributed by atoms with Gasteiger partial charge in [0.05, 0.1) is 13.7 Å². The highest BCUT2D eigenvalue weighted by Gasteiger charge is 2.28. The molecule has 1 rings (SSSR count). The number of ether oxygens (including phenoxy) is 1. The smallest absolute Gasteiger partial charge is 0.328 e. The molecule has 0 saturated carbocycles. The number of esters is 1. The van der Waals surface area contributed by atoms with Crippen LogP contribution >= 0.6 is 0 Å². The first-order valence-corrected chi connectivity index (χ1v) is 10.2. The highest BCUT2D eigenvalue weighted by atomic mass is 16.5. The van der Waals surface area contributed by atoms with Gasteiger partial charge < -0.3 is 20.7 Å². The molecule has 32 heavy (non-hydrogen) atoms. The second kappa shape index (κ2) is 13.7. The molecule has 0 aromatic heterocycles. The maximum absolute atomic E-state index is 12.9. The van der Waals surface area contributed by atoms with Crippen molar-refractivity contribution in [2.75, 3.05) is 13.7 Å². The number of nitrogens with one attached hydrogen (secondary N) is 3. The molecular weight excluding hydrogens is 416 g/mol. The van der Waals surface area contributed by atoms with Gasteiger partial charge in [0.15, 0.2) is 0 Å². The molecule has 0 unspecified atom stereocenters. The molecule has 11 nitrogen and oxygen atoms in total. The van der Waals surface area contributed by atoms with Crippen molar-refractivity contribution in [3.63, 3.8) is 0 Å². The summed E-state index contributed by atoms with van der Waals surface area (Å²) in [6.07, 6.45) is 0.550. The van der Waals surface area contributed by atoms with Crippen molar-refractivity contribution in [3.8, 4) is 0 Å². The molecule has 0 aliphatic heterocycles. The van der Waals surface area contributed by atoms with Crippen LogP contribution in [0.3, 0.4) is 0 Å². The number of benzene rings is 1. The van der Waals surface area contributed by atoms with Crippen LogP contribution in [-0.4, -0.2) is 55.5 Å². The topological polar surface area (TPSA) is 162 Å². The van der Waals surface area contributed by atoms with Gasteiger partial charge in [-0.25, -0.2) is 4.79 Å². The van der Waals surface area contributed by atoms with Gasteiger partial charge in [0, 0.05) is 11.3 Å². The average molecular weight is 447 g/mol. The number of carbonyl (C=O) groups excluding carboxylic acids is 4. The predicted molar refractivity (Wildman–Crippen MR) is 117 cm³/mol. The van der Waals surface area contributed by atoms with Crippen molar-refractivity contribution in [2.24, 2.45) is 11.0 Å². The molecule has 3 N–H and O–H groups in total. The van der Waals surface area contributed by atoms with Crippen LogP contribution in [0.4, 0.5) is 0 Å². The molecule has 0 spiro atoms. The average Bonchev–Trinajstić information content (AvgIpc) is 2.76. The van der Waals surface area contributed by atoms with E-state index < -0.39 is 48.4 Å². The number of hydrogen-bond donors (Lipinski definition) is 3. The lowest BCUT2D eigenvalue weighted by molar-refractivity contribution is -0.145. The Labute approximate surface area is 186 Å². The van der Waals surface area contributed by atoms with Gasteiger partial charge in [-0.1, -0.05) is 49.3 Å². The van der Waals surface area contributed by atoms with Gasteiger partial charge in [0.2, 0.25) is 17.7 Å². The summed E-state index contributed by atoms with van der Waals surface area (Å²) in [6, 6.07) is 6.33. The minimum absolute atomic E-state index is 0.0660. The third kappa shape index (κ3) is 9.48. The summed E-state index contributed by atoms with van der Waals surface area (Å²) in [7, 11) is 1.24. The zero-order valence-electron chi connectivity index (χ0n) is 18.7. The fraction of sp³-hybridized carbons (Fsp3) is 0.524. The van der Waals surface area contributed by atoms with Crippen LogP contribution in [-0.2, 0) is 30.3 Å². The molecule has 0 bridgehead atoms. The van der Waals surface area contributed by atoms with Crippen LogP contribution in [0.5, 0.6) is 0 Å². The summed E-state index contributed by atoms with van der Waals surface area (Å²) in [5.74, 6) is -2.28. The first kappa shape index (κ1) is 26.4. The molecule has 3 atom stereocenters. The van der Waals surface area contributed by atoms with Crippen LogP contribution in [0.2, 0.25) is 0 Å². The minimum Gasteiger partial charge on any atom is -0.467 e. The molecule has 1 aromatic carbocycles. The van der Waals surface area contributed by atoms with E-state index in [-0.39, 0.29) is 12.3 Å². The van der Waals surface area contributed by atoms with Crippen molar-refractivity contribution in [1.82, 2.24) is 16.0 Å². The summed E-state index contributed by atoms with van der Waals surface area (Å²) in [5, 5.41) is 10.8. The summed E-state index contributed by atoms with van der Waals surface area (Å²) in [5.41, 5.74) is 9.21. The first-order valence-electron chi connectivity index (χ1n) is 10.2. The van der Waals surface area contributed by atoms with Crippen LogP contribution < -0.4 is 16.0 Å². The van der Waals surface area contributed by atoms with Crippen molar-refractivity contribution >= 4 is 23.7 Å². The van der Waals surface area contributed by atoms with E-state index in [9.17, 15) is 19.2 Å². The van der Waals surface area contributed by atoms with E-state index in [0.717, 1.165) is 5.56 Å². The zero-order valence-corrected chi connectivity index (χ0v) is 18.7. The molecule has 0 radical (unpaired) electrons. The molecule has 0 aliphatic carbocycles. The molecule has 1 aromatic rings. The van der Waals surface area contributed by atoms with E-state index in [1.807, 2.05) is 44.2 Å². The number of rotatable bonds is 12. The number of nitrogens with zero attached hydrogens (tertiary/aromatic N) is 3. The van der Waals surface area contributed by atoms with Crippen molar-refractivity contribution in [2.45, 2.75) is 51.7 Å². The molecule has 0 aliphatic rings. The lowest BCUT2D eigenvalue weighted by atomic mass is 10.0. The molecule has 11 heteroatoms. The van der Waals surface area contributed by atoms with E-state index >= 15 is 0 Å². The van der Waals surface area contributed by atoms with Crippen LogP contribution in [0, 0.1) is 5.92 Å². The largest absolute Gasteiger partial charge is 0.467 e. The second-order valence-electron chi connectivity index (χ2n) is 7.62. The van der Waals surface area contributed by atoms with Gasteiger partial charge in [0.1, 0.15) is 18.1 Å². The Morgan fingerprint density at radius 1 is 1.03 bits per heavy atom. The normalized spacial score (nSPS) is 13.2. The fourth-order valence-electron chi connectivity index (χ4n) is 2.85. The Hall–Kier alpha value is -3.59. The highest BCUT2D eigenvalue weighted by molar-refractivity contribution is 5.92. The molecule has 174 valence electrons. The van der Waals surface area contributed by atoms with Crippen LogP contribution in [0.25, 0.3) is 10.4 Å². The lowest BCUT2D eigenvalue weighted by Gasteiger charge is -2.23. The maximum atomic E-state index is 12.9. The van der Waals surface area contributed by atoms with Crippen molar-refractivity contribution in [1.29, 1.82) is 0 Å². The quantitative estimate of drug-likeness (QED) is 0.190. The molecule has 3 amide bonds. The molecule has 0 heterocycles. The Bertz CT molecular complexity index is 838. The minimum atomic E-state index is -0.971. The van der Waals surface area contributed by atoms with E-state index in [2.05, 4.69) is 26.0 Å². The van der Waals surface area contributed by atoms with Gasteiger partial charge in [-0.2, -0.15) is 0 Å². The predicted octanol–water partition coefficient (Wildman–Crippen LogP) is 1.23. The number of carbonyl (C=O) groups is 4. The Morgan fingerprint density at radius 2 is 1.69 bits per heavy atom. The Balaban J connectivity index is 2.81. The van der Waals surface area contributed by atoms with Gasteiger partial charge in [-0.05, 0) is 30.4 Å². The fourth-order valence-corrected chi connectivity index (χ4v) is 2.85. The highest BCUT2D eigenvalue weighted by Crippen LogP contribution is 2.08. The van der Waals surface area contributed by atoms with Crippen LogP contribution in [0.1, 0.15) is 32.8 Å². The summed E-state index contributed by atoms with van der Waals surface area (Å²) < 4.78 is 4.81. The van der Waals surface area contributed by atoms with E-state index in [1.54, 1.807) is 0 Å². The first-order chi connectivity index (χ1) is 15.2. The maximum Gasteiger partial charge on any atom is 0.328 e. The zero-order chi connectivity index (χ0) is 24.1. The van der Waals surface area contributed by atoms with Crippen LogP contribution in [0.15, 0.2) is 35.4 Å². The van der Waals surface area contributed by atoms with Gasteiger partial charge >= 0.3 is 5.97 Å². The SMILES string of the molecule is COC(=O)[C@H](Cc1ccccc1)NC(=O)[C@H](CC(C)C)NC(=O)CNC(=O)[C@H](C)N=[N+]=[N-]. The monoisotopic (exact) mass is 446 g/mol. The molecular formula is C21H30N6O5. The van der Waals surface area contributed by atoms with E-state index in [4.69, 9.17) is 10.3 Å². The third-order valence-corrected chi connectivity index (χ3v) is 4.47. The van der Waals surface area contributed by atoms with Crippen molar-refractivity contribution < 1.29 is 23.9 Å². The summed E-state index contributed by atoms with van der Waals surface area (Å²) in [4.78, 5) is 51.7. The third-order valence-electron chi connectivity index (χ3n) is 4.47. The summed E-state index contributed by atoms with van der Waals surface area (Å²) in [6.45, 7) is 4.77. The number of amides is 3. The van der Waals surface area contributed by atoms with Gasteiger partial charge in [0.25, 0.3) is 0 Å². The second-order valence-corrected chi connectivity index (χ2v) is 7.62. The molecule has 0 fully saturated rings. The number of methoxy groups -OCH3 is 1. The van der Waals surface area contributed by atoms with Gasteiger partial charge in [-0.3, -0.25) is 14.4 Å². The Morgan fingerprint density at radius 3 is 2.25 bits per heavy atom. The van der Waals surface area contributed by atoms with Gasteiger partial charge in [-0.15, -0.1) is 0 Å². The Kier molecular flexibility index (Phi) is 11.3. The standard InChI is InChI=1S/C21H30N6O5/c1-13(2)10-16(24-18(28)12-23-19(29)14(3)26-27-22)20(30)25-17(21(31)32-4)11-15-8-6-5-7-9-15/h5-9,13-14,16-17H,10-12H2,1-4H3,(H,23,29)(H,24,28)(H,25,30)/t14-,16-,17-/m0/s1. The van der Waals surface area contributed by atoms with Crippen molar-refractivity contribution in [3.05, 3.63) is 46.3 Å². The van der Waals surface area contributed by atoms with E-state index in [1.165, 1.54) is 14.0 Å². The number of azide groups is 1. The summed E-state index contributed by atoms with van der Waals surface area (Å²) >= 11 is 0. The lowest BCUT2D eigenvalue weighted by Crippen LogP contribution is -2.54.